The lowest BCUT2D eigenvalue weighted by molar-refractivity contribution is -0.134. The molecule has 0 aliphatic rings. The highest BCUT2D eigenvalue weighted by atomic mass is 35.5. The van der Waals surface area contributed by atoms with Crippen LogP contribution >= 0.6 is 11.6 Å². The smallest absolute Gasteiger partial charge is 0.180 e. The van der Waals surface area contributed by atoms with Crippen molar-refractivity contribution in [1.82, 2.24) is 0 Å². The molecule has 1 aromatic rings. The van der Waals surface area contributed by atoms with Crippen molar-refractivity contribution < 1.29 is 9.47 Å². The summed E-state index contributed by atoms with van der Waals surface area (Å²) in [6, 6.07) is 7.44. The lowest BCUT2D eigenvalue weighted by Gasteiger charge is -2.36. The van der Waals surface area contributed by atoms with Gasteiger partial charge in [-0.3, -0.25) is 0 Å². The molecule has 0 radical (unpaired) electrons. The van der Waals surface area contributed by atoms with Crippen molar-refractivity contribution in [3.63, 3.8) is 0 Å². The first-order valence-corrected chi connectivity index (χ1v) is 5.73. The summed E-state index contributed by atoms with van der Waals surface area (Å²) in [6.07, 6.45) is -0.438. The van der Waals surface area contributed by atoms with Gasteiger partial charge < -0.3 is 20.5 Å². The third-order valence-corrected chi connectivity index (χ3v) is 2.86. The van der Waals surface area contributed by atoms with Gasteiger partial charge in [-0.1, -0.05) is 17.7 Å². The van der Waals surface area contributed by atoms with Crippen LogP contribution in [0.15, 0.2) is 24.3 Å². The van der Waals surface area contributed by atoms with Crippen LogP contribution in [0.2, 0.25) is 5.02 Å². The van der Waals surface area contributed by atoms with E-state index >= 15 is 0 Å². The van der Waals surface area contributed by atoms with E-state index in [9.17, 15) is 0 Å². The Labute approximate surface area is 107 Å². The molecule has 1 atom stereocenters. The van der Waals surface area contributed by atoms with Crippen LogP contribution in [-0.4, -0.2) is 32.6 Å². The molecule has 5 heteroatoms. The van der Waals surface area contributed by atoms with Crippen molar-refractivity contribution in [2.45, 2.75) is 18.8 Å². The summed E-state index contributed by atoms with van der Waals surface area (Å²) in [5, 5.41) is 3.96. The number of halogens is 1. The quantitative estimate of drug-likeness (QED) is 0.768. The first-order valence-electron chi connectivity index (χ1n) is 5.35. The average molecular weight is 259 g/mol. The lowest BCUT2D eigenvalue weighted by Crippen LogP contribution is -2.54. The monoisotopic (exact) mass is 258 g/mol. The van der Waals surface area contributed by atoms with Crippen molar-refractivity contribution in [3.05, 3.63) is 29.3 Å². The van der Waals surface area contributed by atoms with Crippen LogP contribution in [0.1, 0.15) is 6.92 Å². The molecule has 0 saturated carbocycles. The van der Waals surface area contributed by atoms with Gasteiger partial charge in [0.1, 0.15) is 0 Å². The molecule has 0 spiro atoms. The highest BCUT2D eigenvalue weighted by molar-refractivity contribution is 6.30. The summed E-state index contributed by atoms with van der Waals surface area (Å²) in [5.41, 5.74) is 6.15. The Morgan fingerprint density at radius 2 is 2.06 bits per heavy atom. The molecule has 1 rings (SSSR count). The van der Waals surface area contributed by atoms with E-state index in [-0.39, 0.29) is 0 Å². The van der Waals surface area contributed by atoms with Crippen LogP contribution in [0.3, 0.4) is 0 Å². The van der Waals surface area contributed by atoms with E-state index in [2.05, 4.69) is 5.32 Å². The van der Waals surface area contributed by atoms with Gasteiger partial charge >= 0.3 is 0 Å². The van der Waals surface area contributed by atoms with Crippen molar-refractivity contribution in [1.29, 1.82) is 0 Å². The summed E-state index contributed by atoms with van der Waals surface area (Å²) in [5.74, 6) is 0. The van der Waals surface area contributed by atoms with E-state index in [1.807, 2.05) is 31.2 Å². The fourth-order valence-electron chi connectivity index (χ4n) is 1.72. The van der Waals surface area contributed by atoms with Crippen molar-refractivity contribution >= 4 is 17.3 Å². The van der Waals surface area contributed by atoms with E-state index < -0.39 is 11.8 Å². The number of anilines is 1. The molecular formula is C12H19ClN2O2. The van der Waals surface area contributed by atoms with Gasteiger partial charge in [0.25, 0.3) is 0 Å². The largest absolute Gasteiger partial charge is 0.374 e. The van der Waals surface area contributed by atoms with Gasteiger partial charge in [-0.15, -0.1) is 0 Å². The van der Waals surface area contributed by atoms with E-state index in [0.29, 0.717) is 11.6 Å². The number of hydrogen-bond donors (Lipinski definition) is 2. The Balaban J connectivity index is 2.88. The summed E-state index contributed by atoms with van der Waals surface area (Å²) >= 11 is 5.93. The molecule has 0 bridgehead atoms. The Hall–Kier alpha value is -0.810. The molecule has 1 aromatic carbocycles. The Bertz CT molecular complexity index is 358. The van der Waals surface area contributed by atoms with Gasteiger partial charge in [-0.2, -0.15) is 0 Å². The van der Waals surface area contributed by atoms with Gasteiger partial charge in [0.15, 0.2) is 6.29 Å². The molecule has 0 heterocycles. The number of rotatable bonds is 6. The molecule has 1 unspecified atom stereocenters. The third-order valence-electron chi connectivity index (χ3n) is 2.63. The third kappa shape index (κ3) is 3.57. The van der Waals surface area contributed by atoms with Crippen molar-refractivity contribution in [2.24, 2.45) is 5.73 Å². The molecule has 0 fully saturated rings. The van der Waals surface area contributed by atoms with E-state index in [1.54, 1.807) is 14.2 Å². The molecule has 0 amide bonds. The Morgan fingerprint density at radius 3 is 2.53 bits per heavy atom. The van der Waals surface area contributed by atoms with Crippen LogP contribution in [-0.2, 0) is 9.47 Å². The SMILES string of the molecule is COC(OC)C(C)(CN)Nc1cccc(Cl)c1. The highest BCUT2D eigenvalue weighted by Crippen LogP contribution is 2.22. The van der Waals surface area contributed by atoms with Crippen LogP contribution in [0.4, 0.5) is 5.69 Å². The van der Waals surface area contributed by atoms with Crippen molar-refractivity contribution in [3.8, 4) is 0 Å². The second-order valence-electron chi connectivity index (χ2n) is 4.06. The maximum absolute atomic E-state index is 5.93. The van der Waals surface area contributed by atoms with Crippen LogP contribution in [0.25, 0.3) is 0 Å². The standard InChI is InChI=1S/C12H19ClN2O2/c1-12(8-14,11(16-2)17-3)15-10-6-4-5-9(13)7-10/h4-7,11,15H,8,14H2,1-3H3. The highest BCUT2D eigenvalue weighted by Gasteiger charge is 2.33. The summed E-state index contributed by atoms with van der Waals surface area (Å²) in [4.78, 5) is 0. The molecule has 0 aliphatic carbocycles. The Kier molecular flexibility index (Phi) is 5.21. The zero-order chi connectivity index (χ0) is 12.9. The maximum Gasteiger partial charge on any atom is 0.180 e. The fraction of sp³-hybridized carbons (Fsp3) is 0.500. The number of hydrogen-bond acceptors (Lipinski definition) is 4. The van der Waals surface area contributed by atoms with Gasteiger partial charge in [-0.25, -0.2) is 0 Å². The first kappa shape index (κ1) is 14.3. The first-order chi connectivity index (χ1) is 8.05. The minimum absolute atomic E-state index is 0.367. The number of ether oxygens (including phenoxy) is 2. The zero-order valence-corrected chi connectivity index (χ0v) is 11.1. The van der Waals surface area contributed by atoms with Gasteiger partial charge in [0, 0.05) is 31.5 Å². The van der Waals surface area contributed by atoms with Gasteiger partial charge in [0.05, 0.1) is 5.54 Å². The molecule has 4 nitrogen and oxygen atoms in total. The summed E-state index contributed by atoms with van der Waals surface area (Å²) in [6.45, 7) is 2.30. The van der Waals surface area contributed by atoms with Crippen LogP contribution < -0.4 is 11.1 Å². The summed E-state index contributed by atoms with van der Waals surface area (Å²) in [7, 11) is 3.17. The average Bonchev–Trinajstić information content (AvgIpc) is 2.30. The Morgan fingerprint density at radius 1 is 1.41 bits per heavy atom. The van der Waals surface area contributed by atoms with Crippen molar-refractivity contribution in [2.75, 3.05) is 26.1 Å². The lowest BCUT2D eigenvalue weighted by atomic mass is 10.0. The fourth-order valence-corrected chi connectivity index (χ4v) is 1.91. The number of benzene rings is 1. The second-order valence-corrected chi connectivity index (χ2v) is 4.50. The number of methoxy groups -OCH3 is 2. The molecular weight excluding hydrogens is 240 g/mol. The molecule has 3 N–H and O–H groups in total. The van der Waals surface area contributed by atoms with Crippen LogP contribution in [0, 0.1) is 0 Å². The van der Waals surface area contributed by atoms with E-state index in [4.69, 9.17) is 26.8 Å². The van der Waals surface area contributed by atoms with Gasteiger partial charge in [-0.05, 0) is 25.1 Å². The molecule has 96 valence electrons. The molecule has 0 aromatic heterocycles. The number of nitrogens with two attached hydrogens (primary N) is 1. The number of nitrogens with one attached hydrogen (secondary N) is 1. The maximum atomic E-state index is 5.93. The second kappa shape index (κ2) is 6.21. The van der Waals surface area contributed by atoms with E-state index in [0.717, 1.165) is 5.69 Å². The van der Waals surface area contributed by atoms with Crippen LogP contribution in [0.5, 0.6) is 0 Å². The topological polar surface area (TPSA) is 56.5 Å². The predicted octanol–water partition coefficient (Wildman–Crippen LogP) is 2.09. The minimum atomic E-state index is -0.520. The molecule has 17 heavy (non-hydrogen) atoms. The summed E-state index contributed by atoms with van der Waals surface area (Å²) < 4.78 is 10.5. The normalized spacial score (nSPS) is 14.7. The van der Waals surface area contributed by atoms with E-state index in [1.165, 1.54) is 0 Å². The van der Waals surface area contributed by atoms with Gasteiger partial charge in [0.2, 0.25) is 0 Å². The molecule has 0 aliphatic heterocycles. The molecule has 0 saturated heterocycles. The predicted molar refractivity (Wildman–Crippen MR) is 70.3 cm³/mol. The minimum Gasteiger partial charge on any atom is -0.374 e. The zero-order valence-electron chi connectivity index (χ0n) is 10.4.